The van der Waals surface area contributed by atoms with Gasteiger partial charge in [0.1, 0.15) is 0 Å². The minimum Gasteiger partial charge on any atom is -0.207 e. The van der Waals surface area contributed by atoms with Crippen molar-refractivity contribution in [3.63, 3.8) is 0 Å². The molecule has 1 aromatic rings. The third-order valence-corrected chi connectivity index (χ3v) is 4.77. The Morgan fingerprint density at radius 2 is 2.06 bits per heavy atom. The highest BCUT2D eigenvalue weighted by atomic mass is 35.5. The average molecular weight is 287 g/mol. The molecule has 1 rings (SSSR count). The van der Waals surface area contributed by atoms with Crippen LogP contribution in [0, 0.1) is 17.2 Å². The van der Waals surface area contributed by atoms with E-state index in [0.29, 0.717) is 5.56 Å². The summed E-state index contributed by atoms with van der Waals surface area (Å²) < 4.78 is 25.8. The Kier molecular flexibility index (Phi) is 5.15. The fraction of sp³-hybridized carbons (Fsp3) is 0.417. The zero-order valence-corrected chi connectivity index (χ0v) is 11.9. The van der Waals surface area contributed by atoms with Crippen LogP contribution < -0.4 is 0 Å². The minimum absolute atomic E-state index is 0.136. The zero-order chi connectivity index (χ0) is 13.8. The van der Waals surface area contributed by atoms with Gasteiger partial charge in [-0.3, -0.25) is 0 Å². The molecule has 6 heteroatoms. The Labute approximate surface area is 113 Å². The molecule has 0 bridgehead atoms. The molecule has 0 aliphatic carbocycles. The van der Waals surface area contributed by atoms with E-state index in [1.54, 1.807) is 25.1 Å². The molecule has 0 heterocycles. The summed E-state index contributed by atoms with van der Waals surface area (Å²) in [4.78, 5) is 0.202. The van der Waals surface area contributed by atoms with Crippen molar-refractivity contribution in [3.8, 4) is 6.07 Å². The first-order chi connectivity index (χ1) is 8.43. The van der Waals surface area contributed by atoms with E-state index >= 15 is 0 Å². The van der Waals surface area contributed by atoms with Gasteiger partial charge in [0, 0.05) is 19.5 Å². The standard InChI is InChI=1S/C12H15ClN2O2S/c1-10(8-14)9-15(2)18(16,17)12-6-4-3-5-11(12)7-13/h3-6,10H,7,9H2,1-2H3. The first-order valence-electron chi connectivity index (χ1n) is 5.43. The second kappa shape index (κ2) is 6.19. The van der Waals surface area contributed by atoms with Gasteiger partial charge < -0.3 is 0 Å². The van der Waals surface area contributed by atoms with Crippen molar-refractivity contribution in [1.82, 2.24) is 4.31 Å². The van der Waals surface area contributed by atoms with Crippen molar-refractivity contribution in [3.05, 3.63) is 29.8 Å². The van der Waals surface area contributed by atoms with Gasteiger partial charge in [0.2, 0.25) is 10.0 Å². The SMILES string of the molecule is CC(C#N)CN(C)S(=O)(=O)c1ccccc1CCl. The normalized spacial score (nSPS) is 13.3. The predicted octanol–water partition coefficient (Wildman–Crippen LogP) is 2.21. The van der Waals surface area contributed by atoms with Crippen LogP contribution in [-0.4, -0.2) is 26.3 Å². The summed E-state index contributed by atoms with van der Waals surface area (Å²) in [6.45, 7) is 1.84. The number of sulfonamides is 1. The Bertz CT molecular complexity index is 551. The molecular weight excluding hydrogens is 272 g/mol. The van der Waals surface area contributed by atoms with Gasteiger partial charge >= 0.3 is 0 Å². The monoisotopic (exact) mass is 286 g/mol. The van der Waals surface area contributed by atoms with Gasteiger partial charge in [-0.05, 0) is 18.6 Å². The van der Waals surface area contributed by atoms with Gasteiger partial charge in [-0.15, -0.1) is 11.6 Å². The average Bonchev–Trinajstić information content (AvgIpc) is 2.38. The van der Waals surface area contributed by atoms with Crippen molar-refractivity contribution >= 4 is 21.6 Å². The van der Waals surface area contributed by atoms with E-state index in [1.165, 1.54) is 17.4 Å². The number of rotatable bonds is 5. The third-order valence-electron chi connectivity index (χ3n) is 2.56. The maximum atomic E-state index is 12.3. The highest BCUT2D eigenvalue weighted by Gasteiger charge is 2.24. The quantitative estimate of drug-likeness (QED) is 0.780. The molecule has 4 nitrogen and oxygen atoms in total. The van der Waals surface area contributed by atoms with Gasteiger partial charge in [-0.1, -0.05) is 18.2 Å². The summed E-state index contributed by atoms with van der Waals surface area (Å²) in [6, 6.07) is 8.63. The lowest BCUT2D eigenvalue weighted by atomic mass is 10.2. The van der Waals surface area contributed by atoms with Crippen molar-refractivity contribution in [2.75, 3.05) is 13.6 Å². The molecule has 0 saturated heterocycles. The van der Waals surface area contributed by atoms with E-state index in [4.69, 9.17) is 16.9 Å². The van der Waals surface area contributed by atoms with E-state index in [1.807, 2.05) is 6.07 Å². The fourth-order valence-electron chi connectivity index (χ4n) is 1.56. The maximum Gasteiger partial charge on any atom is 0.243 e. The van der Waals surface area contributed by atoms with E-state index in [9.17, 15) is 8.42 Å². The Hall–Kier alpha value is -1.09. The number of halogens is 1. The lowest BCUT2D eigenvalue weighted by Gasteiger charge is -2.19. The number of hydrogen-bond donors (Lipinski definition) is 0. The smallest absolute Gasteiger partial charge is 0.207 e. The molecule has 0 aromatic heterocycles. The molecule has 0 aliphatic heterocycles. The molecule has 1 atom stereocenters. The molecule has 0 N–H and O–H groups in total. The van der Waals surface area contributed by atoms with Crippen LogP contribution in [0.25, 0.3) is 0 Å². The van der Waals surface area contributed by atoms with Crippen LogP contribution in [0.15, 0.2) is 29.2 Å². The number of alkyl halides is 1. The molecule has 0 spiro atoms. The van der Waals surface area contributed by atoms with Gasteiger partial charge in [0.05, 0.1) is 16.9 Å². The van der Waals surface area contributed by atoms with Crippen LogP contribution in [0.4, 0.5) is 0 Å². The Morgan fingerprint density at radius 3 is 2.61 bits per heavy atom. The van der Waals surface area contributed by atoms with Gasteiger partial charge in [0.25, 0.3) is 0 Å². The predicted molar refractivity (Wildman–Crippen MR) is 70.6 cm³/mol. The maximum absolute atomic E-state index is 12.3. The summed E-state index contributed by atoms with van der Waals surface area (Å²) in [5.74, 6) is -0.218. The van der Waals surface area contributed by atoms with E-state index in [2.05, 4.69) is 0 Å². The van der Waals surface area contributed by atoms with Gasteiger partial charge in [-0.2, -0.15) is 9.57 Å². The highest BCUT2D eigenvalue weighted by Crippen LogP contribution is 2.21. The third kappa shape index (κ3) is 3.22. The first kappa shape index (κ1) is 15.0. The Morgan fingerprint density at radius 1 is 1.44 bits per heavy atom. The molecule has 0 saturated carbocycles. The zero-order valence-electron chi connectivity index (χ0n) is 10.3. The number of benzene rings is 1. The number of hydrogen-bond acceptors (Lipinski definition) is 3. The Balaban J connectivity index is 3.10. The lowest BCUT2D eigenvalue weighted by Crippen LogP contribution is -2.31. The highest BCUT2D eigenvalue weighted by molar-refractivity contribution is 7.89. The molecule has 0 aliphatic rings. The van der Waals surface area contributed by atoms with Gasteiger partial charge in [-0.25, -0.2) is 8.42 Å². The largest absolute Gasteiger partial charge is 0.243 e. The van der Waals surface area contributed by atoms with E-state index < -0.39 is 10.0 Å². The van der Waals surface area contributed by atoms with Crippen LogP contribution in [0.1, 0.15) is 12.5 Å². The minimum atomic E-state index is -3.59. The van der Waals surface area contributed by atoms with Crippen LogP contribution in [0.2, 0.25) is 0 Å². The summed E-state index contributed by atoms with van der Waals surface area (Å²) in [5.41, 5.74) is 0.565. The van der Waals surface area contributed by atoms with Crippen LogP contribution in [0.5, 0.6) is 0 Å². The van der Waals surface area contributed by atoms with E-state index in [-0.39, 0.29) is 23.2 Å². The second-order valence-corrected chi connectivity index (χ2v) is 6.34. The molecule has 98 valence electrons. The molecule has 0 radical (unpaired) electrons. The summed E-state index contributed by atoms with van der Waals surface area (Å²) in [7, 11) is -2.12. The van der Waals surface area contributed by atoms with Gasteiger partial charge in [0.15, 0.2) is 0 Å². The van der Waals surface area contributed by atoms with Crippen molar-refractivity contribution < 1.29 is 8.42 Å². The molecular formula is C12H15ClN2O2S. The van der Waals surface area contributed by atoms with Crippen molar-refractivity contribution in [2.45, 2.75) is 17.7 Å². The van der Waals surface area contributed by atoms with Crippen LogP contribution in [-0.2, 0) is 15.9 Å². The van der Waals surface area contributed by atoms with Crippen molar-refractivity contribution in [2.24, 2.45) is 5.92 Å². The van der Waals surface area contributed by atoms with Crippen LogP contribution in [0.3, 0.4) is 0 Å². The number of nitrogens with zero attached hydrogens (tertiary/aromatic N) is 2. The molecule has 0 amide bonds. The number of nitriles is 1. The lowest BCUT2D eigenvalue weighted by molar-refractivity contribution is 0.438. The summed E-state index contributed by atoms with van der Waals surface area (Å²) in [6.07, 6.45) is 0. The molecule has 1 aromatic carbocycles. The van der Waals surface area contributed by atoms with Crippen molar-refractivity contribution in [1.29, 1.82) is 5.26 Å². The molecule has 0 fully saturated rings. The summed E-state index contributed by atoms with van der Waals surface area (Å²) >= 11 is 5.74. The molecule has 18 heavy (non-hydrogen) atoms. The van der Waals surface area contributed by atoms with E-state index in [0.717, 1.165) is 0 Å². The fourth-order valence-corrected chi connectivity index (χ4v) is 3.35. The second-order valence-electron chi connectivity index (χ2n) is 4.06. The topological polar surface area (TPSA) is 61.2 Å². The molecule has 1 unspecified atom stereocenters. The first-order valence-corrected chi connectivity index (χ1v) is 7.40. The summed E-state index contributed by atoms with van der Waals surface area (Å²) in [5, 5.41) is 8.73. The van der Waals surface area contributed by atoms with Crippen LogP contribution >= 0.6 is 11.6 Å².